The van der Waals surface area contributed by atoms with Crippen LogP contribution in [0.3, 0.4) is 0 Å². The Morgan fingerprint density at radius 1 is 1.10 bits per heavy atom. The lowest BCUT2D eigenvalue weighted by molar-refractivity contribution is -0.189. The quantitative estimate of drug-likeness (QED) is 0.593. The third kappa shape index (κ3) is 6.00. The minimum atomic E-state index is -4.43. The molecular weight excluding hydrogens is 431 g/mol. The number of halogens is 4. The minimum Gasteiger partial charge on any atom is -0.481 e. The molecule has 1 amide bonds. The predicted octanol–water partition coefficient (Wildman–Crippen LogP) is 5.33. The highest BCUT2D eigenvalue weighted by Gasteiger charge is 2.38. The molecule has 1 atom stereocenters. The van der Waals surface area contributed by atoms with Crippen molar-refractivity contribution in [3.05, 3.63) is 64.7 Å². The average molecular weight is 454 g/mol. The summed E-state index contributed by atoms with van der Waals surface area (Å²) in [6, 6.07) is 13.0. The number of ketones is 1. The Bertz CT molecular complexity index is 922. The van der Waals surface area contributed by atoms with Gasteiger partial charge in [0.2, 0.25) is 0 Å². The predicted molar refractivity (Wildman–Crippen MR) is 111 cm³/mol. The molecule has 1 heterocycles. The van der Waals surface area contributed by atoms with Crippen LogP contribution in [0, 0.1) is 5.92 Å². The number of hydrogen-bond donors (Lipinski definition) is 0. The van der Waals surface area contributed by atoms with Gasteiger partial charge in [-0.1, -0.05) is 35.9 Å². The van der Waals surface area contributed by atoms with Crippen molar-refractivity contribution in [2.75, 3.05) is 13.1 Å². The fourth-order valence-corrected chi connectivity index (χ4v) is 3.73. The number of piperidine rings is 1. The van der Waals surface area contributed by atoms with Crippen molar-refractivity contribution in [3.8, 4) is 5.75 Å². The zero-order valence-electron chi connectivity index (χ0n) is 17.0. The summed E-state index contributed by atoms with van der Waals surface area (Å²) in [6.07, 6.45) is -5.01. The molecule has 31 heavy (non-hydrogen) atoms. The Labute approximate surface area is 183 Å². The van der Waals surface area contributed by atoms with E-state index in [0.29, 0.717) is 42.1 Å². The molecule has 0 bridgehead atoms. The summed E-state index contributed by atoms with van der Waals surface area (Å²) >= 11 is 6.10. The summed E-state index contributed by atoms with van der Waals surface area (Å²) in [4.78, 5) is 27.0. The molecule has 1 aliphatic rings. The lowest BCUT2D eigenvalue weighted by Gasteiger charge is -2.31. The molecule has 166 valence electrons. The van der Waals surface area contributed by atoms with Crippen LogP contribution in [-0.4, -0.2) is 42.0 Å². The summed E-state index contributed by atoms with van der Waals surface area (Å²) in [7, 11) is 0. The van der Waals surface area contributed by atoms with Gasteiger partial charge in [0.15, 0.2) is 6.10 Å². The van der Waals surface area contributed by atoms with Gasteiger partial charge >= 0.3 is 6.18 Å². The van der Waals surface area contributed by atoms with E-state index in [1.165, 1.54) is 12.1 Å². The molecule has 2 aromatic rings. The van der Waals surface area contributed by atoms with Gasteiger partial charge in [0.1, 0.15) is 11.5 Å². The van der Waals surface area contributed by atoms with Crippen LogP contribution in [0.2, 0.25) is 5.02 Å². The van der Waals surface area contributed by atoms with E-state index >= 15 is 0 Å². The highest BCUT2D eigenvalue weighted by molar-refractivity contribution is 6.33. The molecule has 0 radical (unpaired) electrons. The van der Waals surface area contributed by atoms with Crippen LogP contribution < -0.4 is 4.74 Å². The van der Waals surface area contributed by atoms with Crippen molar-refractivity contribution in [1.29, 1.82) is 0 Å². The number of amides is 1. The van der Waals surface area contributed by atoms with Crippen molar-refractivity contribution in [2.24, 2.45) is 5.92 Å². The number of hydrogen-bond acceptors (Lipinski definition) is 3. The minimum absolute atomic E-state index is 0.0576. The number of Topliss-reactive ketones (excluding diaryl/α,β-unsaturated/α-hetero) is 1. The molecule has 1 aliphatic heterocycles. The molecule has 0 aromatic heterocycles. The fourth-order valence-electron chi connectivity index (χ4n) is 3.51. The van der Waals surface area contributed by atoms with E-state index < -0.39 is 12.3 Å². The number of benzene rings is 2. The molecule has 1 fully saturated rings. The standard InChI is InChI=1S/C23H23ClF3NO3/c1-15(23(25,26)27)31-18-8-6-16(7-9-18)14-21(29)17-10-12-28(13-11-17)22(30)19-4-2-3-5-20(19)24/h2-9,15,17H,10-14H2,1H3. The van der Waals surface area contributed by atoms with Crippen LogP contribution >= 0.6 is 11.6 Å². The average Bonchev–Trinajstić information content (AvgIpc) is 2.74. The molecule has 0 spiro atoms. The van der Waals surface area contributed by atoms with E-state index in [-0.39, 0.29) is 29.8 Å². The number of carbonyl (C=O) groups is 2. The van der Waals surface area contributed by atoms with Gasteiger partial charge < -0.3 is 9.64 Å². The van der Waals surface area contributed by atoms with Crippen molar-refractivity contribution >= 4 is 23.3 Å². The van der Waals surface area contributed by atoms with E-state index in [1.807, 2.05) is 0 Å². The second-order valence-electron chi connectivity index (χ2n) is 7.64. The molecule has 4 nitrogen and oxygen atoms in total. The van der Waals surface area contributed by atoms with Crippen molar-refractivity contribution in [2.45, 2.75) is 38.5 Å². The van der Waals surface area contributed by atoms with Crippen LogP contribution in [0.15, 0.2) is 48.5 Å². The van der Waals surface area contributed by atoms with Crippen molar-refractivity contribution in [3.63, 3.8) is 0 Å². The number of carbonyl (C=O) groups excluding carboxylic acids is 2. The van der Waals surface area contributed by atoms with E-state index in [4.69, 9.17) is 16.3 Å². The normalized spacial score (nSPS) is 16.1. The Balaban J connectivity index is 1.51. The summed E-state index contributed by atoms with van der Waals surface area (Å²) in [6.45, 7) is 1.89. The number of alkyl halides is 3. The van der Waals surface area contributed by atoms with Gasteiger partial charge in [-0.05, 0) is 49.6 Å². The largest absolute Gasteiger partial charge is 0.481 e. The van der Waals surface area contributed by atoms with Crippen LogP contribution in [0.5, 0.6) is 5.75 Å². The molecule has 0 aliphatic carbocycles. The maximum atomic E-state index is 12.7. The van der Waals surface area contributed by atoms with Crippen molar-refractivity contribution < 1.29 is 27.5 Å². The second kappa shape index (κ2) is 9.73. The summed E-state index contributed by atoms with van der Waals surface area (Å²) in [5.41, 5.74) is 1.17. The first-order valence-corrected chi connectivity index (χ1v) is 10.4. The number of ether oxygens (including phenoxy) is 1. The van der Waals surface area contributed by atoms with Gasteiger partial charge in [0.25, 0.3) is 5.91 Å². The number of nitrogens with zero attached hydrogens (tertiary/aromatic N) is 1. The fraction of sp³-hybridized carbons (Fsp3) is 0.391. The maximum absolute atomic E-state index is 12.7. The first kappa shape index (κ1) is 23.1. The van der Waals surface area contributed by atoms with Crippen LogP contribution in [-0.2, 0) is 11.2 Å². The molecule has 3 rings (SSSR count). The van der Waals surface area contributed by atoms with E-state index in [9.17, 15) is 22.8 Å². The third-order valence-electron chi connectivity index (χ3n) is 5.42. The highest BCUT2D eigenvalue weighted by atomic mass is 35.5. The second-order valence-corrected chi connectivity index (χ2v) is 8.04. The first-order valence-electron chi connectivity index (χ1n) is 10.0. The lowest BCUT2D eigenvalue weighted by atomic mass is 9.89. The summed E-state index contributed by atoms with van der Waals surface area (Å²) in [5, 5.41) is 0.405. The highest BCUT2D eigenvalue weighted by Crippen LogP contribution is 2.26. The van der Waals surface area contributed by atoms with Gasteiger partial charge in [0, 0.05) is 25.4 Å². The number of rotatable bonds is 6. The zero-order chi connectivity index (χ0) is 22.6. The monoisotopic (exact) mass is 453 g/mol. The zero-order valence-corrected chi connectivity index (χ0v) is 17.7. The van der Waals surface area contributed by atoms with Crippen LogP contribution in [0.1, 0.15) is 35.7 Å². The first-order chi connectivity index (χ1) is 14.6. The number of likely N-dealkylation sites (tertiary alicyclic amines) is 1. The van der Waals surface area contributed by atoms with E-state index in [2.05, 4.69) is 0 Å². The van der Waals surface area contributed by atoms with Crippen LogP contribution in [0.25, 0.3) is 0 Å². The topological polar surface area (TPSA) is 46.6 Å². The van der Waals surface area contributed by atoms with E-state index in [1.54, 1.807) is 41.3 Å². The Hall–Kier alpha value is -2.54. The molecule has 8 heteroatoms. The lowest BCUT2D eigenvalue weighted by Crippen LogP contribution is -2.40. The summed E-state index contributed by atoms with van der Waals surface area (Å²) < 4.78 is 42.6. The third-order valence-corrected chi connectivity index (χ3v) is 5.75. The van der Waals surface area contributed by atoms with Gasteiger partial charge in [-0.3, -0.25) is 9.59 Å². The Kier molecular flexibility index (Phi) is 7.26. The van der Waals surface area contributed by atoms with Gasteiger partial charge in [-0.15, -0.1) is 0 Å². The van der Waals surface area contributed by atoms with Gasteiger partial charge in [-0.25, -0.2) is 0 Å². The Morgan fingerprint density at radius 3 is 2.29 bits per heavy atom. The molecule has 0 N–H and O–H groups in total. The molecule has 2 aromatic carbocycles. The summed E-state index contributed by atoms with van der Waals surface area (Å²) in [5.74, 6) is -0.133. The molecule has 1 saturated heterocycles. The molecular formula is C23H23ClF3NO3. The molecule has 1 unspecified atom stereocenters. The van der Waals surface area contributed by atoms with Gasteiger partial charge in [-0.2, -0.15) is 13.2 Å². The Morgan fingerprint density at radius 2 is 1.71 bits per heavy atom. The SMILES string of the molecule is CC(Oc1ccc(CC(=O)C2CCN(C(=O)c3ccccc3Cl)CC2)cc1)C(F)(F)F. The van der Waals surface area contributed by atoms with Crippen molar-refractivity contribution in [1.82, 2.24) is 4.90 Å². The van der Waals surface area contributed by atoms with Gasteiger partial charge in [0.05, 0.1) is 10.6 Å². The van der Waals surface area contributed by atoms with Crippen LogP contribution in [0.4, 0.5) is 13.2 Å². The maximum Gasteiger partial charge on any atom is 0.425 e. The molecule has 0 saturated carbocycles. The van der Waals surface area contributed by atoms with E-state index in [0.717, 1.165) is 6.92 Å². The smallest absolute Gasteiger partial charge is 0.425 e.